The number of methoxy groups -OCH3 is 1. The molecule has 0 aliphatic heterocycles. The first-order valence-electron chi connectivity index (χ1n) is 9.14. The number of ether oxygens (including phenoxy) is 1. The molecule has 0 spiro atoms. The van der Waals surface area contributed by atoms with Crippen LogP contribution in [0.1, 0.15) is 13.8 Å². The lowest BCUT2D eigenvalue weighted by Crippen LogP contribution is -2.41. The molecule has 2 rings (SSSR count). The van der Waals surface area contributed by atoms with Crippen molar-refractivity contribution in [1.82, 2.24) is 19.8 Å². The van der Waals surface area contributed by atoms with Crippen LogP contribution >= 0.6 is 11.8 Å². The van der Waals surface area contributed by atoms with Crippen molar-refractivity contribution in [1.29, 1.82) is 0 Å². The summed E-state index contributed by atoms with van der Waals surface area (Å²) in [5, 5.41) is 3.27. The summed E-state index contributed by atoms with van der Waals surface area (Å²) in [7, 11) is 1.23. The Hall–Kier alpha value is -2.88. The van der Waals surface area contributed by atoms with Crippen LogP contribution in [0, 0.1) is 0 Å². The third-order valence-corrected chi connectivity index (χ3v) is 5.07. The van der Waals surface area contributed by atoms with Crippen LogP contribution in [-0.4, -0.2) is 64.7 Å². The molecule has 1 N–H and O–H groups in total. The van der Waals surface area contributed by atoms with E-state index in [1.54, 1.807) is 38.1 Å². The summed E-state index contributed by atoms with van der Waals surface area (Å²) >= 11 is 1.04. The first kappa shape index (κ1) is 22.4. The second kappa shape index (κ2) is 10.6. The van der Waals surface area contributed by atoms with Gasteiger partial charge in [0.15, 0.2) is 5.16 Å². The van der Waals surface area contributed by atoms with E-state index in [0.717, 1.165) is 11.8 Å². The van der Waals surface area contributed by atoms with Crippen molar-refractivity contribution in [2.75, 3.05) is 32.5 Å². The molecule has 0 radical (unpaired) electrons. The molecule has 0 saturated carbocycles. The normalized spacial score (nSPS) is 10.6. The largest absolute Gasteiger partial charge is 0.468 e. The van der Waals surface area contributed by atoms with Gasteiger partial charge in [-0.05, 0) is 26.0 Å². The fourth-order valence-corrected chi connectivity index (χ4v) is 3.51. The van der Waals surface area contributed by atoms with Gasteiger partial charge in [0.1, 0.15) is 6.54 Å². The van der Waals surface area contributed by atoms with E-state index in [-0.39, 0.29) is 41.4 Å². The fourth-order valence-electron chi connectivity index (χ4n) is 2.61. The van der Waals surface area contributed by atoms with Gasteiger partial charge in [0, 0.05) is 13.1 Å². The molecular weight excluding hydrogens is 396 g/mol. The number of hydrogen-bond acceptors (Lipinski definition) is 7. The van der Waals surface area contributed by atoms with Crippen LogP contribution in [0.3, 0.4) is 0 Å². The third kappa shape index (κ3) is 5.80. The smallest absolute Gasteiger partial charge is 0.325 e. The number of likely N-dealkylation sites (N-methyl/N-ethyl adjacent to an activating group) is 2. The molecule has 0 aliphatic rings. The number of fused-ring (bicyclic) bond motifs is 1. The second-order valence-corrected chi connectivity index (χ2v) is 6.97. The Morgan fingerprint density at radius 3 is 2.62 bits per heavy atom. The molecule has 1 heterocycles. The molecular formula is C19H24N4O5S. The molecule has 10 heteroatoms. The topological polar surface area (TPSA) is 111 Å². The van der Waals surface area contributed by atoms with E-state index in [1.807, 2.05) is 0 Å². The van der Waals surface area contributed by atoms with Crippen molar-refractivity contribution in [2.45, 2.75) is 25.5 Å². The zero-order valence-corrected chi connectivity index (χ0v) is 17.5. The van der Waals surface area contributed by atoms with Gasteiger partial charge in [0.2, 0.25) is 11.8 Å². The predicted octanol–water partition coefficient (Wildman–Crippen LogP) is 0.646. The molecule has 156 valence electrons. The molecule has 2 amide bonds. The van der Waals surface area contributed by atoms with E-state index < -0.39 is 5.97 Å². The lowest BCUT2D eigenvalue weighted by atomic mass is 10.2. The molecule has 1 aromatic heterocycles. The zero-order valence-electron chi connectivity index (χ0n) is 16.6. The number of amides is 2. The van der Waals surface area contributed by atoms with E-state index >= 15 is 0 Å². The van der Waals surface area contributed by atoms with E-state index in [0.29, 0.717) is 24.0 Å². The number of nitrogens with one attached hydrogen (secondary N) is 1. The standard InChI is InChI=1S/C19H24N4O5S/c1-4-20-15(24)10-22(5-2)16(25)12-29-19-21-14-9-7-6-8-13(14)18(27)23(19)11-17(26)28-3/h6-9H,4-5,10-12H2,1-3H3,(H,20,24). The van der Waals surface area contributed by atoms with E-state index in [4.69, 9.17) is 0 Å². The quantitative estimate of drug-likeness (QED) is 0.360. The number of para-hydroxylation sites is 1. The van der Waals surface area contributed by atoms with Crippen molar-refractivity contribution >= 4 is 40.4 Å². The van der Waals surface area contributed by atoms with Crippen LogP contribution in [0.4, 0.5) is 0 Å². The molecule has 29 heavy (non-hydrogen) atoms. The molecule has 9 nitrogen and oxygen atoms in total. The monoisotopic (exact) mass is 420 g/mol. The highest BCUT2D eigenvalue weighted by molar-refractivity contribution is 7.99. The summed E-state index contributed by atoms with van der Waals surface area (Å²) in [6.07, 6.45) is 0. The van der Waals surface area contributed by atoms with Crippen molar-refractivity contribution in [3.8, 4) is 0 Å². The first-order valence-corrected chi connectivity index (χ1v) is 10.1. The summed E-state index contributed by atoms with van der Waals surface area (Å²) in [4.78, 5) is 54.7. The summed E-state index contributed by atoms with van der Waals surface area (Å²) in [5.74, 6) is -1.13. The molecule has 2 aromatic rings. The minimum atomic E-state index is -0.594. The number of carbonyl (C=O) groups excluding carboxylic acids is 3. The lowest BCUT2D eigenvalue weighted by Gasteiger charge is -2.20. The number of hydrogen-bond donors (Lipinski definition) is 1. The summed E-state index contributed by atoms with van der Waals surface area (Å²) in [6, 6.07) is 6.79. The zero-order chi connectivity index (χ0) is 21.4. The van der Waals surface area contributed by atoms with Gasteiger partial charge in [0.05, 0.1) is 30.3 Å². The number of carbonyl (C=O) groups is 3. The van der Waals surface area contributed by atoms with Gasteiger partial charge in [-0.15, -0.1) is 0 Å². The highest BCUT2D eigenvalue weighted by Gasteiger charge is 2.19. The van der Waals surface area contributed by atoms with Gasteiger partial charge >= 0.3 is 5.97 Å². The highest BCUT2D eigenvalue weighted by Crippen LogP contribution is 2.18. The summed E-state index contributed by atoms with van der Waals surface area (Å²) in [5.41, 5.74) is 0.0915. The maximum Gasteiger partial charge on any atom is 0.325 e. The Morgan fingerprint density at radius 1 is 1.24 bits per heavy atom. The third-order valence-electron chi connectivity index (χ3n) is 4.11. The molecule has 1 aromatic carbocycles. The van der Waals surface area contributed by atoms with Crippen LogP contribution in [0.5, 0.6) is 0 Å². The Morgan fingerprint density at radius 2 is 1.97 bits per heavy atom. The van der Waals surface area contributed by atoms with Gasteiger partial charge < -0.3 is 15.0 Å². The molecule has 0 aliphatic carbocycles. The number of benzene rings is 1. The number of rotatable bonds is 9. The molecule has 0 unspecified atom stereocenters. The van der Waals surface area contributed by atoms with Crippen molar-refractivity contribution < 1.29 is 19.1 Å². The SMILES string of the molecule is CCNC(=O)CN(CC)C(=O)CSc1nc2ccccc2c(=O)n1CC(=O)OC. The van der Waals surface area contributed by atoms with Gasteiger partial charge in [-0.1, -0.05) is 23.9 Å². The van der Waals surface area contributed by atoms with Gasteiger partial charge in [-0.25, -0.2) is 4.98 Å². The highest BCUT2D eigenvalue weighted by atomic mass is 32.2. The van der Waals surface area contributed by atoms with Crippen LogP contribution in [0.25, 0.3) is 10.9 Å². The van der Waals surface area contributed by atoms with Gasteiger partial charge in [-0.2, -0.15) is 0 Å². The molecule has 0 fully saturated rings. The Bertz CT molecular complexity index is 959. The van der Waals surface area contributed by atoms with Crippen molar-refractivity contribution in [3.63, 3.8) is 0 Å². The van der Waals surface area contributed by atoms with Crippen molar-refractivity contribution in [2.24, 2.45) is 0 Å². The van der Waals surface area contributed by atoms with E-state index in [1.165, 1.54) is 16.6 Å². The average Bonchev–Trinajstić information content (AvgIpc) is 2.72. The molecule has 0 saturated heterocycles. The van der Waals surface area contributed by atoms with E-state index in [9.17, 15) is 19.2 Å². The van der Waals surface area contributed by atoms with Crippen molar-refractivity contribution in [3.05, 3.63) is 34.6 Å². The van der Waals surface area contributed by atoms with Gasteiger partial charge in [-0.3, -0.25) is 23.7 Å². The number of esters is 1. The summed E-state index contributed by atoms with van der Waals surface area (Å²) < 4.78 is 5.87. The number of nitrogens with zero attached hydrogens (tertiary/aromatic N) is 3. The first-order chi connectivity index (χ1) is 13.9. The second-order valence-electron chi connectivity index (χ2n) is 6.03. The maximum absolute atomic E-state index is 12.8. The maximum atomic E-state index is 12.8. The Balaban J connectivity index is 2.26. The Kier molecular flexibility index (Phi) is 8.20. The fraction of sp³-hybridized carbons (Fsp3) is 0.421. The minimum Gasteiger partial charge on any atom is -0.468 e. The average molecular weight is 420 g/mol. The number of thioether (sulfide) groups is 1. The van der Waals surface area contributed by atoms with Gasteiger partial charge in [0.25, 0.3) is 5.56 Å². The Labute approximate surface area is 172 Å². The van der Waals surface area contributed by atoms with Crippen LogP contribution < -0.4 is 10.9 Å². The van der Waals surface area contributed by atoms with Crippen LogP contribution in [0.2, 0.25) is 0 Å². The molecule has 0 atom stereocenters. The molecule has 0 bridgehead atoms. The summed E-state index contributed by atoms with van der Waals surface area (Å²) in [6.45, 7) is 4.10. The minimum absolute atomic E-state index is 0.0286. The predicted molar refractivity (Wildman–Crippen MR) is 110 cm³/mol. The van der Waals surface area contributed by atoms with Crippen LogP contribution in [-0.2, 0) is 25.7 Å². The van der Waals surface area contributed by atoms with E-state index in [2.05, 4.69) is 15.0 Å². The van der Waals surface area contributed by atoms with Crippen LogP contribution in [0.15, 0.2) is 34.2 Å². The number of aromatic nitrogens is 2. The lowest BCUT2D eigenvalue weighted by molar-refractivity contribution is -0.141.